The molecule has 0 bridgehead atoms. The summed E-state index contributed by atoms with van der Waals surface area (Å²) >= 11 is 0. The number of rotatable bonds is 9. The Balaban J connectivity index is 2.96. The molecule has 11 N–H and O–H groups in total. The Kier molecular flexibility index (Phi) is 10.4. The largest absolute Gasteiger partial charge is 0.394 e. The van der Waals surface area contributed by atoms with Gasteiger partial charge in [0.05, 0.1) is 13.2 Å². The number of ether oxygens (including phenoxy) is 2. The molecule has 14 nitrogen and oxygen atoms in total. The van der Waals surface area contributed by atoms with Crippen LogP contribution in [-0.2, 0) is 14.3 Å². The van der Waals surface area contributed by atoms with Crippen LogP contribution in [0.5, 0.6) is 0 Å². The maximum atomic E-state index is 13.1. The molecule has 2 aliphatic rings. The average molecular weight is 553 g/mol. The Morgan fingerprint density at radius 3 is 1.50 bits per heavy atom. The summed E-state index contributed by atoms with van der Waals surface area (Å²) in [6, 6.07) is 0. The van der Waals surface area contributed by atoms with Gasteiger partial charge in [0.25, 0.3) is 0 Å². The minimum atomic E-state index is -3.79. The van der Waals surface area contributed by atoms with E-state index in [-0.39, 0.29) is 18.4 Å². The number of hydrogen-bond donors (Lipinski definition) is 11. The Morgan fingerprint density at radius 2 is 1.18 bits per heavy atom. The molecule has 0 saturated carbocycles. The summed E-state index contributed by atoms with van der Waals surface area (Å²) in [5, 5.41) is 118. The number of ketones is 1. The first-order valence-corrected chi connectivity index (χ1v) is 12.1. The molecule has 14 heteroatoms. The van der Waals surface area contributed by atoms with E-state index in [1.165, 1.54) is 6.92 Å². The summed E-state index contributed by atoms with van der Waals surface area (Å²) in [6.45, 7) is 3.64. The van der Waals surface area contributed by atoms with E-state index >= 15 is 0 Å². The lowest BCUT2D eigenvalue weighted by Gasteiger charge is -2.60. The van der Waals surface area contributed by atoms with Crippen LogP contribution < -0.4 is 0 Å². The molecular weight excluding hydrogens is 512 g/mol. The van der Waals surface area contributed by atoms with Crippen LogP contribution >= 0.6 is 0 Å². The van der Waals surface area contributed by atoms with E-state index in [4.69, 9.17) is 9.47 Å². The van der Waals surface area contributed by atoms with Crippen LogP contribution in [0.3, 0.4) is 0 Å². The number of carbonyl (C=O) groups excluding carboxylic acids is 1. The van der Waals surface area contributed by atoms with E-state index in [2.05, 4.69) is 0 Å². The number of aliphatic hydroxyl groups is 11. The zero-order valence-corrected chi connectivity index (χ0v) is 21.7. The molecule has 0 aliphatic carbocycles. The monoisotopic (exact) mass is 552 g/mol. The zero-order valence-electron chi connectivity index (χ0n) is 21.7. The molecule has 2 fully saturated rings. The van der Waals surface area contributed by atoms with Crippen molar-refractivity contribution in [2.75, 3.05) is 13.2 Å². The highest BCUT2D eigenvalue weighted by molar-refractivity contribution is 5.96. The van der Waals surface area contributed by atoms with E-state index in [1.807, 2.05) is 0 Å². The molecule has 2 heterocycles. The Morgan fingerprint density at radius 1 is 0.789 bits per heavy atom. The molecule has 0 spiro atoms. The number of carbonyl (C=O) groups is 1. The topological polar surface area (TPSA) is 258 Å². The quantitative estimate of drug-likeness (QED) is 0.0955. The first kappa shape index (κ1) is 32.8. The van der Waals surface area contributed by atoms with Gasteiger partial charge < -0.3 is 65.6 Å². The minimum absolute atomic E-state index is 0.00394. The second-order valence-corrected chi connectivity index (χ2v) is 10.2. The van der Waals surface area contributed by atoms with Crippen molar-refractivity contribution in [2.24, 2.45) is 0 Å². The van der Waals surface area contributed by atoms with E-state index < -0.39 is 90.6 Å². The summed E-state index contributed by atoms with van der Waals surface area (Å²) in [6.07, 6.45) is -15.9. The molecule has 10 atom stereocenters. The standard InChI is InChI=1S/C24H40O14/c1-10(2)6-5-7-11(3)15(12(4)27)22(34,23(35)20(32)18(30)16(28)13(8-25)37-23)24(36)21(33)19(31)17(29)14(9-26)38-24/h6,13-14,16-21,25-26,28-36H,5,7-9H2,1-4H3/b15-11+. The van der Waals surface area contributed by atoms with Gasteiger partial charge in [0, 0.05) is 5.57 Å². The van der Waals surface area contributed by atoms with E-state index in [0.29, 0.717) is 0 Å². The van der Waals surface area contributed by atoms with E-state index in [9.17, 15) is 61.0 Å². The third kappa shape index (κ3) is 5.22. The van der Waals surface area contributed by atoms with Crippen LogP contribution in [0.1, 0.15) is 40.5 Å². The Bertz CT molecular complexity index is 870. The van der Waals surface area contributed by atoms with Gasteiger partial charge in [0.1, 0.15) is 48.8 Å². The number of Topliss-reactive ketones (excluding diaryl/α,β-unsaturated/α-hetero) is 1. The van der Waals surface area contributed by atoms with Crippen LogP contribution in [0.2, 0.25) is 0 Å². The van der Waals surface area contributed by atoms with Crippen molar-refractivity contribution in [3.05, 3.63) is 22.8 Å². The third-order valence-electron chi connectivity index (χ3n) is 7.18. The van der Waals surface area contributed by atoms with Crippen molar-refractivity contribution in [1.29, 1.82) is 0 Å². The highest BCUT2D eigenvalue weighted by Crippen LogP contribution is 2.51. The Hall–Kier alpha value is -1.37. The number of allylic oxidation sites excluding steroid dienone is 3. The predicted octanol–water partition coefficient (Wildman–Crippen LogP) is -4.31. The van der Waals surface area contributed by atoms with Gasteiger partial charge in [-0.3, -0.25) is 4.79 Å². The van der Waals surface area contributed by atoms with Gasteiger partial charge >= 0.3 is 0 Å². The third-order valence-corrected chi connectivity index (χ3v) is 7.18. The van der Waals surface area contributed by atoms with Crippen molar-refractivity contribution in [2.45, 2.75) is 107 Å². The van der Waals surface area contributed by atoms with Crippen LogP contribution in [0.4, 0.5) is 0 Å². The van der Waals surface area contributed by atoms with Crippen molar-refractivity contribution in [3.63, 3.8) is 0 Å². The summed E-state index contributed by atoms with van der Waals surface area (Å²) in [5.74, 6) is -8.47. The maximum Gasteiger partial charge on any atom is 0.235 e. The van der Waals surface area contributed by atoms with Crippen molar-refractivity contribution in [1.82, 2.24) is 0 Å². The molecule has 0 amide bonds. The predicted molar refractivity (Wildman–Crippen MR) is 127 cm³/mol. The van der Waals surface area contributed by atoms with Crippen LogP contribution in [0.25, 0.3) is 0 Å². The lowest BCUT2D eigenvalue weighted by atomic mass is 9.66. The Labute approximate surface area is 219 Å². The molecule has 0 aromatic heterocycles. The van der Waals surface area contributed by atoms with E-state index in [0.717, 1.165) is 12.5 Å². The van der Waals surface area contributed by atoms with Crippen molar-refractivity contribution >= 4 is 5.78 Å². The minimum Gasteiger partial charge on any atom is -0.394 e. The maximum absolute atomic E-state index is 13.1. The normalized spacial score (nSPS) is 42.2. The summed E-state index contributed by atoms with van der Waals surface area (Å²) < 4.78 is 10.5. The lowest BCUT2D eigenvalue weighted by molar-refractivity contribution is -0.470. The van der Waals surface area contributed by atoms with Gasteiger partial charge in [-0.25, -0.2) is 0 Å². The molecule has 10 unspecified atom stereocenters. The van der Waals surface area contributed by atoms with Gasteiger partial charge in [-0.2, -0.15) is 0 Å². The van der Waals surface area contributed by atoms with Gasteiger partial charge in [-0.1, -0.05) is 17.2 Å². The SMILES string of the molecule is CC(=O)/C(=C(/C)CCC=C(C)C)C(O)(C1(O)OC(CO)C(O)C(O)C1O)C1(O)OC(CO)C(O)C(O)C1O. The van der Waals surface area contributed by atoms with Gasteiger partial charge in [0.2, 0.25) is 17.2 Å². The van der Waals surface area contributed by atoms with Crippen LogP contribution in [-0.4, -0.2) is 141 Å². The molecule has 0 radical (unpaired) electrons. The van der Waals surface area contributed by atoms with Gasteiger partial charge in [0.15, 0.2) is 5.78 Å². The highest BCUT2D eigenvalue weighted by Gasteiger charge is 2.77. The summed E-state index contributed by atoms with van der Waals surface area (Å²) in [5.41, 5.74) is -3.78. The fraction of sp³-hybridized carbons (Fsp3) is 0.792. The first-order valence-electron chi connectivity index (χ1n) is 12.1. The molecule has 0 aromatic carbocycles. The van der Waals surface area contributed by atoms with Crippen molar-refractivity contribution in [3.8, 4) is 0 Å². The number of aliphatic hydroxyl groups excluding tert-OH is 8. The zero-order chi connectivity index (χ0) is 29.4. The summed E-state index contributed by atoms with van der Waals surface area (Å²) in [4.78, 5) is 13.1. The van der Waals surface area contributed by atoms with Crippen molar-refractivity contribution < 1.29 is 70.4 Å². The fourth-order valence-corrected chi connectivity index (χ4v) is 5.09. The van der Waals surface area contributed by atoms with E-state index in [1.54, 1.807) is 19.9 Å². The molecule has 2 saturated heterocycles. The smallest absolute Gasteiger partial charge is 0.235 e. The fourth-order valence-electron chi connectivity index (χ4n) is 5.09. The second kappa shape index (κ2) is 12.0. The molecule has 2 aliphatic heterocycles. The van der Waals surface area contributed by atoms with Crippen LogP contribution in [0, 0.1) is 0 Å². The highest BCUT2D eigenvalue weighted by atomic mass is 16.7. The molecular formula is C24H40O14. The van der Waals surface area contributed by atoms with Gasteiger partial charge in [-0.15, -0.1) is 0 Å². The lowest BCUT2D eigenvalue weighted by Crippen LogP contribution is -2.85. The molecule has 38 heavy (non-hydrogen) atoms. The molecule has 2 rings (SSSR count). The molecule has 0 aromatic rings. The average Bonchev–Trinajstić information content (AvgIpc) is 2.85. The molecule has 220 valence electrons. The van der Waals surface area contributed by atoms with Gasteiger partial charge in [-0.05, 0) is 40.5 Å². The van der Waals surface area contributed by atoms with Crippen LogP contribution in [0.15, 0.2) is 22.8 Å². The number of hydrogen-bond acceptors (Lipinski definition) is 14. The first-order chi connectivity index (χ1) is 17.5. The second-order valence-electron chi connectivity index (χ2n) is 10.2. The summed E-state index contributed by atoms with van der Waals surface area (Å²) in [7, 11) is 0.